The second kappa shape index (κ2) is 6.47. The maximum Gasteiger partial charge on any atom is 0.126 e. The highest BCUT2D eigenvalue weighted by molar-refractivity contribution is 9.10. The normalized spacial score (nSPS) is 16.6. The third-order valence-corrected chi connectivity index (χ3v) is 3.54. The molecule has 0 bridgehead atoms. The van der Waals surface area contributed by atoms with Gasteiger partial charge in [0.15, 0.2) is 0 Å². The zero-order chi connectivity index (χ0) is 13.0. The Balaban J connectivity index is 2.75. The van der Waals surface area contributed by atoms with Crippen molar-refractivity contribution in [2.24, 2.45) is 5.73 Å². The first-order valence-electron chi connectivity index (χ1n) is 5.84. The third-order valence-electron chi connectivity index (χ3n) is 3.05. The summed E-state index contributed by atoms with van der Waals surface area (Å²) in [5.74, 6) is -0.293. The minimum Gasteiger partial charge on any atom is -0.391 e. The predicted molar refractivity (Wildman–Crippen MR) is 71.4 cm³/mol. The Hall–Kier alpha value is -0.450. The van der Waals surface area contributed by atoms with Crippen molar-refractivity contribution in [1.29, 1.82) is 0 Å². The van der Waals surface area contributed by atoms with Crippen molar-refractivity contribution in [3.8, 4) is 0 Å². The zero-order valence-electron chi connectivity index (χ0n) is 10.2. The molecule has 17 heavy (non-hydrogen) atoms. The van der Waals surface area contributed by atoms with Gasteiger partial charge in [-0.05, 0) is 42.5 Å². The van der Waals surface area contributed by atoms with E-state index in [0.29, 0.717) is 12.0 Å². The lowest BCUT2D eigenvalue weighted by Crippen LogP contribution is -2.34. The Morgan fingerprint density at radius 3 is 2.71 bits per heavy atom. The molecule has 0 aliphatic heterocycles. The fraction of sp³-hybridized carbons (Fsp3) is 0.538. The summed E-state index contributed by atoms with van der Waals surface area (Å²) in [6, 6.07) is 4.61. The van der Waals surface area contributed by atoms with Gasteiger partial charge >= 0.3 is 0 Å². The van der Waals surface area contributed by atoms with Crippen molar-refractivity contribution in [3.63, 3.8) is 0 Å². The number of hydrogen-bond donors (Lipinski definition) is 2. The number of halogens is 2. The minimum absolute atomic E-state index is 0.0555. The van der Waals surface area contributed by atoms with Gasteiger partial charge in [-0.3, -0.25) is 0 Å². The van der Waals surface area contributed by atoms with Crippen molar-refractivity contribution in [1.82, 2.24) is 0 Å². The van der Waals surface area contributed by atoms with E-state index in [1.165, 1.54) is 6.07 Å². The van der Waals surface area contributed by atoms with E-state index >= 15 is 0 Å². The van der Waals surface area contributed by atoms with Crippen LogP contribution in [0.4, 0.5) is 4.39 Å². The van der Waals surface area contributed by atoms with Crippen molar-refractivity contribution in [2.45, 2.75) is 44.8 Å². The summed E-state index contributed by atoms with van der Waals surface area (Å²) in [7, 11) is 0. The van der Waals surface area contributed by atoms with Crippen LogP contribution in [0.25, 0.3) is 0 Å². The minimum atomic E-state index is -0.589. The van der Waals surface area contributed by atoms with Gasteiger partial charge in [-0.25, -0.2) is 4.39 Å². The Bertz CT molecular complexity index is 372. The number of rotatable bonds is 5. The largest absolute Gasteiger partial charge is 0.391 e. The molecule has 0 heterocycles. The Morgan fingerprint density at radius 2 is 2.12 bits per heavy atom. The topological polar surface area (TPSA) is 46.2 Å². The highest BCUT2D eigenvalue weighted by Crippen LogP contribution is 2.27. The number of benzene rings is 1. The van der Waals surface area contributed by atoms with Crippen LogP contribution >= 0.6 is 15.9 Å². The summed E-state index contributed by atoms with van der Waals surface area (Å²) in [6.07, 6.45) is 0.602. The fourth-order valence-corrected chi connectivity index (χ4v) is 2.21. The molecule has 0 aliphatic rings. The summed E-state index contributed by atoms with van der Waals surface area (Å²) in [6.45, 7) is 3.83. The van der Waals surface area contributed by atoms with Crippen LogP contribution in [-0.4, -0.2) is 17.3 Å². The van der Waals surface area contributed by atoms with Crippen molar-refractivity contribution < 1.29 is 9.50 Å². The summed E-state index contributed by atoms with van der Waals surface area (Å²) in [5.41, 5.74) is 6.37. The average molecular weight is 304 g/mol. The highest BCUT2D eigenvalue weighted by atomic mass is 79.9. The molecule has 96 valence electrons. The van der Waals surface area contributed by atoms with E-state index in [1.54, 1.807) is 12.1 Å². The smallest absolute Gasteiger partial charge is 0.126 e. The number of aliphatic hydroxyl groups is 1. The van der Waals surface area contributed by atoms with Crippen LogP contribution in [0, 0.1) is 5.82 Å². The molecular formula is C13H19BrFNO. The van der Waals surface area contributed by atoms with Crippen LogP contribution in [0.15, 0.2) is 22.7 Å². The standard InChI is InChI=1S/C13H19BrFNO/c1-3-12(16)13(17)6-8(2)10-7-9(14)4-5-11(10)15/h4-5,7-8,12-13,17H,3,6,16H2,1-2H3. The second-order valence-electron chi connectivity index (χ2n) is 4.44. The summed E-state index contributed by atoms with van der Waals surface area (Å²) < 4.78 is 14.5. The third kappa shape index (κ3) is 4.05. The van der Waals surface area contributed by atoms with E-state index < -0.39 is 6.10 Å². The summed E-state index contributed by atoms with van der Waals surface area (Å²) >= 11 is 3.32. The molecule has 0 spiro atoms. The molecule has 0 fully saturated rings. The van der Waals surface area contributed by atoms with Crippen LogP contribution in [0.2, 0.25) is 0 Å². The first-order chi connectivity index (χ1) is 7.95. The molecule has 0 aromatic heterocycles. The van der Waals surface area contributed by atoms with E-state index in [9.17, 15) is 9.50 Å². The van der Waals surface area contributed by atoms with Crippen LogP contribution in [0.5, 0.6) is 0 Å². The molecule has 0 saturated carbocycles. The molecule has 0 amide bonds. The van der Waals surface area contributed by atoms with Gasteiger partial charge in [0.2, 0.25) is 0 Å². The van der Waals surface area contributed by atoms with Crippen molar-refractivity contribution in [2.75, 3.05) is 0 Å². The fourth-order valence-electron chi connectivity index (χ4n) is 1.83. The molecule has 1 aromatic carbocycles. The van der Waals surface area contributed by atoms with Gasteiger partial charge in [0.25, 0.3) is 0 Å². The lowest BCUT2D eigenvalue weighted by Gasteiger charge is -2.21. The van der Waals surface area contributed by atoms with Crippen LogP contribution in [0.3, 0.4) is 0 Å². The van der Waals surface area contributed by atoms with Gasteiger partial charge in [0.1, 0.15) is 5.82 Å². The first kappa shape index (κ1) is 14.6. The van der Waals surface area contributed by atoms with Crippen molar-refractivity contribution in [3.05, 3.63) is 34.1 Å². The van der Waals surface area contributed by atoms with E-state index in [-0.39, 0.29) is 17.8 Å². The van der Waals surface area contributed by atoms with E-state index in [1.807, 2.05) is 13.8 Å². The maximum atomic E-state index is 13.6. The first-order valence-corrected chi connectivity index (χ1v) is 6.63. The Kier molecular flexibility index (Phi) is 5.56. The zero-order valence-corrected chi connectivity index (χ0v) is 11.7. The average Bonchev–Trinajstić information content (AvgIpc) is 2.30. The molecule has 0 radical (unpaired) electrons. The molecule has 0 saturated heterocycles. The van der Waals surface area contributed by atoms with Crippen molar-refractivity contribution >= 4 is 15.9 Å². The van der Waals surface area contributed by atoms with E-state index in [4.69, 9.17) is 5.73 Å². The monoisotopic (exact) mass is 303 g/mol. The van der Waals surface area contributed by atoms with E-state index in [0.717, 1.165) is 10.9 Å². The lowest BCUT2D eigenvalue weighted by molar-refractivity contribution is 0.126. The number of hydrogen-bond acceptors (Lipinski definition) is 2. The molecule has 3 unspecified atom stereocenters. The van der Waals surface area contributed by atoms with Gasteiger partial charge in [0.05, 0.1) is 6.10 Å². The molecule has 1 rings (SSSR count). The Labute approximate surface area is 110 Å². The summed E-state index contributed by atoms with van der Waals surface area (Å²) in [5, 5.41) is 9.85. The van der Waals surface area contributed by atoms with Gasteiger partial charge in [-0.1, -0.05) is 29.8 Å². The molecular weight excluding hydrogens is 285 g/mol. The number of nitrogens with two attached hydrogens (primary N) is 1. The second-order valence-corrected chi connectivity index (χ2v) is 5.36. The molecule has 2 nitrogen and oxygen atoms in total. The number of aliphatic hydroxyl groups excluding tert-OH is 1. The van der Waals surface area contributed by atoms with Crippen LogP contribution in [0.1, 0.15) is 38.2 Å². The van der Waals surface area contributed by atoms with Gasteiger partial charge in [0, 0.05) is 10.5 Å². The lowest BCUT2D eigenvalue weighted by atomic mass is 9.91. The molecule has 3 N–H and O–H groups in total. The molecule has 1 aromatic rings. The maximum absolute atomic E-state index is 13.6. The van der Waals surface area contributed by atoms with Crippen LogP contribution < -0.4 is 5.73 Å². The SMILES string of the molecule is CCC(N)C(O)CC(C)c1cc(Br)ccc1F. The molecule has 4 heteroatoms. The van der Waals surface area contributed by atoms with E-state index in [2.05, 4.69) is 15.9 Å². The Morgan fingerprint density at radius 1 is 1.47 bits per heavy atom. The summed E-state index contributed by atoms with van der Waals surface area (Å²) in [4.78, 5) is 0. The van der Waals surface area contributed by atoms with Gasteiger partial charge in [-0.2, -0.15) is 0 Å². The highest BCUT2D eigenvalue weighted by Gasteiger charge is 2.19. The quantitative estimate of drug-likeness (QED) is 0.877. The van der Waals surface area contributed by atoms with Gasteiger partial charge in [-0.15, -0.1) is 0 Å². The van der Waals surface area contributed by atoms with Crippen LogP contribution in [-0.2, 0) is 0 Å². The molecule has 0 aliphatic carbocycles. The predicted octanol–water partition coefficient (Wildman–Crippen LogP) is 3.18. The van der Waals surface area contributed by atoms with Gasteiger partial charge < -0.3 is 10.8 Å². The molecule has 3 atom stereocenters.